The lowest BCUT2D eigenvalue weighted by Crippen LogP contribution is -2.32. The SMILES string of the molecule is CN(c1nnc(CCN)s1)C1CCS(=O)(=O)C1. The Hall–Kier alpha value is -0.730. The first-order valence-corrected chi connectivity index (χ1v) is 8.11. The van der Waals surface area contributed by atoms with E-state index in [0.29, 0.717) is 19.4 Å². The van der Waals surface area contributed by atoms with E-state index in [2.05, 4.69) is 10.2 Å². The van der Waals surface area contributed by atoms with Gasteiger partial charge in [0.05, 0.1) is 11.5 Å². The number of anilines is 1. The molecule has 0 radical (unpaired) electrons. The van der Waals surface area contributed by atoms with Crippen molar-refractivity contribution in [3.63, 3.8) is 0 Å². The minimum Gasteiger partial charge on any atom is -0.346 e. The normalized spacial score (nSPS) is 22.8. The Labute approximate surface area is 105 Å². The highest BCUT2D eigenvalue weighted by Crippen LogP contribution is 2.25. The molecule has 0 saturated carbocycles. The molecule has 1 aromatic heterocycles. The summed E-state index contributed by atoms with van der Waals surface area (Å²) < 4.78 is 22.8. The highest BCUT2D eigenvalue weighted by atomic mass is 32.2. The molecule has 1 atom stereocenters. The molecule has 1 saturated heterocycles. The Morgan fingerprint density at radius 1 is 1.53 bits per heavy atom. The molecule has 1 aliphatic heterocycles. The summed E-state index contributed by atoms with van der Waals surface area (Å²) in [5, 5.41) is 9.78. The van der Waals surface area contributed by atoms with Crippen LogP contribution in [0.25, 0.3) is 0 Å². The first kappa shape index (κ1) is 12.7. The van der Waals surface area contributed by atoms with Gasteiger partial charge < -0.3 is 10.6 Å². The number of hydrogen-bond acceptors (Lipinski definition) is 7. The van der Waals surface area contributed by atoms with Gasteiger partial charge in [-0.05, 0) is 13.0 Å². The highest BCUT2D eigenvalue weighted by molar-refractivity contribution is 7.91. The molecule has 0 spiro atoms. The molecule has 0 aromatic carbocycles. The molecule has 6 nitrogen and oxygen atoms in total. The van der Waals surface area contributed by atoms with Gasteiger partial charge in [-0.1, -0.05) is 11.3 Å². The number of nitrogens with zero attached hydrogens (tertiary/aromatic N) is 3. The number of rotatable bonds is 4. The van der Waals surface area contributed by atoms with Gasteiger partial charge in [-0.2, -0.15) is 0 Å². The molecule has 1 aliphatic rings. The van der Waals surface area contributed by atoms with Crippen molar-refractivity contribution in [3.05, 3.63) is 5.01 Å². The van der Waals surface area contributed by atoms with Crippen LogP contribution in [0.5, 0.6) is 0 Å². The maximum absolute atomic E-state index is 11.4. The monoisotopic (exact) mass is 276 g/mol. The van der Waals surface area contributed by atoms with Gasteiger partial charge in [0.1, 0.15) is 5.01 Å². The van der Waals surface area contributed by atoms with E-state index in [4.69, 9.17) is 5.73 Å². The van der Waals surface area contributed by atoms with E-state index in [1.165, 1.54) is 11.3 Å². The van der Waals surface area contributed by atoms with Gasteiger partial charge in [-0.15, -0.1) is 10.2 Å². The second-order valence-corrected chi connectivity index (χ2v) is 7.45. The van der Waals surface area contributed by atoms with Crippen LogP contribution in [0, 0.1) is 0 Å². The molecule has 1 aromatic rings. The quantitative estimate of drug-likeness (QED) is 0.809. The first-order valence-electron chi connectivity index (χ1n) is 5.47. The van der Waals surface area contributed by atoms with Crippen molar-refractivity contribution in [2.75, 3.05) is 30.0 Å². The molecule has 2 heterocycles. The van der Waals surface area contributed by atoms with Crippen molar-refractivity contribution in [3.8, 4) is 0 Å². The summed E-state index contributed by atoms with van der Waals surface area (Å²) >= 11 is 1.48. The van der Waals surface area contributed by atoms with Gasteiger partial charge in [0.2, 0.25) is 5.13 Å². The molecule has 96 valence electrons. The summed E-state index contributed by atoms with van der Waals surface area (Å²) in [6.45, 7) is 0.552. The molecule has 1 unspecified atom stereocenters. The zero-order chi connectivity index (χ0) is 12.5. The molecular weight excluding hydrogens is 260 g/mol. The van der Waals surface area contributed by atoms with Gasteiger partial charge >= 0.3 is 0 Å². The van der Waals surface area contributed by atoms with Crippen LogP contribution in [0.15, 0.2) is 0 Å². The fraction of sp³-hybridized carbons (Fsp3) is 0.778. The molecule has 2 N–H and O–H groups in total. The molecule has 1 fully saturated rings. The van der Waals surface area contributed by atoms with E-state index in [1.807, 2.05) is 11.9 Å². The van der Waals surface area contributed by atoms with Crippen LogP contribution in [0.2, 0.25) is 0 Å². The zero-order valence-corrected chi connectivity index (χ0v) is 11.3. The predicted molar refractivity (Wildman–Crippen MR) is 68.1 cm³/mol. The Bertz CT molecular complexity index is 485. The number of aromatic nitrogens is 2. The lowest BCUT2D eigenvalue weighted by Gasteiger charge is -2.21. The van der Waals surface area contributed by atoms with E-state index >= 15 is 0 Å². The van der Waals surface area contributed by atoms with Crippen molar-refractivity contribution in [2.45, 2.75) is 18.9 Å². The second-order valence-electron chi connectivity index (χ2n) is 4.18. The van der Waals surface area contributed by atoms with E-state index in [-0.39, 0.29) is 17.5 Å². The van der Waals surface area contributed by atoms with Crippen molar-refractivity contribution in [1.29, 1.82) is 0 Å². The van der Waals surface area contributed by atoms with Crippen LogP contribution in [-0.4, -0.2) is 49.8 Å². The average Bonchev–Trinajstić information content (AvgIpc) is 2.85. The summed E-state index contributed by atoms with van der Waals surface area (Å²) in [7, 11) is -0.984. The first-order chi connectivity index (χ1) is 8.02. The smallest absolute Gasteiger partial charge is 0.208 e. The van der Waals surface area contributed by atoms with Gasteiger partial charge in [0.25, 0.3) is 0 Å². The van der Waals surface area contributed by atoms with E-state index in [9.17, 15) is 8.42 Å². The average molecular weight is 276 g/mol. The van der Waals surface area contributed by atoms with Crippen LogP contribution >= 0.6 is 11.3 Å². The Morgan fingerprint density at radius 3 is 2.88 bits per heavy atom. The van der Waals surface area contributed by atoms with Crippen molar-refractivity contribution in [1.82, 2.24) is 10.2 Å². The Balaban J connectivity index is 2.06. The summed E-state index contributed by atoms with van der Waals surface area (Å²) in [5.41, 5.74) is 5.45. The van der Waals surface area contributed by atoms with Crippen molar-refractivity contribution >= 4 is 26.3 Å². The molecule has 17 heavy (non-hydrogen) atoms. The topological polar surface area (TPSA) is 89.2 Å². The van der Waals surface area contributed by atoms with Crippen molar-refractivity contribution < 1.29 is 8.42 Å². The maximum atomic E-state index is 11.4. The lowest BCUT2D eigenvalue weighted by atomic mass is 10.2. The number of sulfone groups is 1. The second kappa shape index (κ2) is 4.87. The molecule has 8 heteroatoms. The van der Waals surface area contributed by atoms with Crippen LogP contribution in [0.1, 0.15) is 11.4 Å². The standard InChI is InChI=1S/C9H16N4O2S2/c1-13(7-3-5-17(14,15)6-7)9-12-11-8(16-9)2-4-10/h7H,2-6,10H2,1H3. The van der Waals surface area contributed by atoms with Crippen LogP contribution in [-0.2, 0) is 16.3 Å². The molecule has 0 amide bonds. The summed E-state index contributed by atoms with van der Waals surface area (Å²) in [6.07, 6.45) is 1.39. The van der Waals surface area contributed by atoms with Crippen molar-refractivity contribution in [2.24, 2.45) is 5.73 Å². The van der Waals surface area contributed by atoms with Crippen LogP contribution in [0.4, 0.5) is 5.13 Å². The lowest BCUT2D eigenvalue weighted by molar-refractivity contribution is 0.600. The van der Waals surface area contributed by atoms with E-state index < -0.39 is 9.84 Å². The summed E-state index contributed by atoms with van der Waals surface area (Å²) in [5.74, 6) is 0.492. The third kappa shape index (κ3) is 2.93. The third-order valence-electron chi connectivity index (χ3n) is 2.87. The fourth-order valence-corrected chi connectivity index (χ4v) is 4.51. The minimum absolute atomic E-state index is 0.0266. The zero-order valence-electron chi connectivity index (χ0n) is 9.66. The summed E-state index contributed by atoms with van der Waals surface area (Å²) in [4.78, 5) is 1.92. The third-order valence-corrected chi connectivity index (χ3v) is 5.70. The van der Waals surface area contributed by atoms with Gasteiger partial charge in [0, 0.05) is 19.5 Å². The van der Waals surface area contributed by atoms with Crippen LogP contribution < -0.4 is 10.6 Å². The maximum Gasteiger partial charge on any atom is 0.208 e. The van der Waals surface area contributed by atoms with Crippen LogP contribution in [0.3, 0.4) is 0 Å². The minimum atomic E-state index is -2.86. The van der Waals surface area contributed by atoms with Gasteiger partial charge in [-0.3, -0.25) is 0 Å². The fourth-order valence-electron chi connectivity index (χ4n) is 1.85. The molecule has 0 bridgehead atoms. The summed E-state index contributed by atoms with van der Waals surface area (Å²) in [6, 6.07) is 0.0266. The molecule has 2 rings (SSSR count). The predicted octanol–water partition coefficient (Wildman–Crippen LogP) is -0.337. The van der Waals surface area contributed by atoms with E-state index in [1.54, 1.807) is 0 Å². The Kier molecular flexibility index (Phi) is 3.64. The Morgan fingerprint density at radius 2 is 2.29 bits per heavy atom. The largest absolute Gasteiger partial charge is 0.346 e. The van der Waals surface area contributed by atoms with Gasteiger partial charge in [-0.25, -0.2) is 8.42 Å². The number of nitrogens with two attached hydrogens (primary N) is 1. The highest BCUT2D eigenvalue weighted by Gasteiger charge is 2.31. The molecular formula is C9H16N4O2S2. The van der Waals surface area contributed by atoms with E-state index in [0.717, 1.165) is 10.1 Å². The molecule has 0 aliphatic carbocycles. The number of hydrogen-bond donors (Lipinski definition) is 1. The van der Waals surface area contributed by atoms with Gasteiger partial charge in [0.15, 0.2) is 9.84 Å².